The van der Waals surface area contributed by atoms with E-state index in [0.29, 0.717) is 26.1 Å². The first-order valence-electron chi connectivity index (χ1n) is 7.85. The number of aromatic nitrogens is 2. The topological polar surface area (TPSA) is 78.5 Å². The number of nitrogens with zero attached hydrogens (tertiary/aromatic N) is 3. The van der Waals surface area contributed by atoms with E-state index in [2.05, 4.69) is 14.9 Å². The van der Waals surface area contributed by atoms with E-state index >= 15 is 0 Å². The van der Waals surface area contributed by atoms with Crippen molar-refractivity contribution in [3.05, 3.63) is 18.2 Å². The third kappa shape index (κ3) is 3.51. The van der Waals surface area contributed by atoms with E-state index in [1.165, 1.54) is 0 Å². The molecular formula is C14H24N4O3S. The van der Waals surface area contributed by atoms with E-state index in [1.807, 2.05) is 7.05 Å². The maximum atomic E-state index is 12.6. The highest BCUT2D eigenvalue weighted by Crippen LogP contribution is 2.24. The van der Waals surface area contributed by atoms with Crippen molar-refractivity contribution >= 4 is 10.0 Å². The predicted octanol–water partition coefficient (Wildman–Crippen LogP) is 0.597. The van der Waals surface area contributed by atoms with Gasteiger partial charge in [0, 0.05) is 38.6 Å². The Morgan fingerprint density at radius 1 is 1.45 bits per heavy atom. The summed E-state index contributed by atoms with van der Waals surface area (Å²) in [6.45, 7) is 2.48. The van der Waals surface area contributed by atoms with Gasteiger partial charge in [-0.1, -0.05) is 0 Å². The number of aromatic amines is 1. The number of nitrogens with one attached hydrogen (secondary N) is 1. The van der Waals surface area contributed by atoms with Crippen LogP contribution in [-0.2, 0) is 14.8 Å². The lowest BCUT2D eigenvalue weighted by Crippen LogP contribution is -2.50. The minimum absolute atomic E-state index is 0.0127. The van der Waals surface area contributed by atoms with E-state index < -0.39 is 10.0 Å². The fourth-order valence-electron chi connectivity index (χ4n) is 3.14. The third-order valence-corrected chi connectivity index (χ3v) is 6.43. The average molecular weight is 328 g/mol. The van der Waals surface area contributed by atoms with Crippen LogP contribution in [0.4, 0.5) is 0 Å². The number of piperazine rings is 1. The van der Waals surface area contributed by atoms with Gasteiger partial charge in [-0.3, -0.25) is 4.90 Å². The Labute approximate surface area is 131 Å². The number of likely N-dealkylation sites (N-methyl/N-ethyl adjacent to an activating group) is 1. The summed E-state index contributed by atoms with van der Waals surface area (Å²) >= 11 is 0. The number of hydrogen-bond acceptors (Lipinski definition) is 5. The summed E-state index contributed by atoms with van der Waals surface area (Å²) in [5.41, 5.74) is 0. The van der Waals surface area contributed by atoms with E-state index in [4.69, 9.17) is 4.74 Å². The Morgan fingerprint density at radius 2 is 2.32 bits per heavy atom. The van der Waals surface area contributed by atoms with Crippen molar-refractivity contribution in [2.75, 3.05) is 39.0 Å². The molecule has 2 aliphatic heterocycles. The molecule has 0 spiro atoms. The zero-order valence-electron chi connectivity index (χ0n) is 12.9. The fourth-order valence-corrected chi connectivity index (χ4v) is 4.68. The summed E-state index contributed by atoms with van der Waals surface area (Å²) in [6.07, 6.45) is 6.21. The first-order chi connectivity index (χ1) is 10.6. The van der Waals surface area contributed by atoms with Crippen LogP contribution in [0.1, 0.15) is 31.1 Å². The van der Waals surface area contributed by atoms with E-state index in [-0.39, 0.29) is 17.9 Å². The molecule has 7 nitrogen and oxygen atoms in total. The van der Waals surface area contributed by atoms with Gasteiger partial charge in [0.25, 0.3) is 0 Å². The number of hydrogen-bond donors (Lipinski definition) is 1. The largest absolute Gasteiger partial charge is 0.378 e. The zero-order chi connectivity index (χ0) is 15.6. The minimum Gasteiger partial charge on any atom is -0.378 e. The Bertz CT molecular complexity index is 569. The molecule has 2 saturated heterocycles. The summed E-state index contributed by atoms with van der Waals surface area (Å²) in [5, 5.41) is 0. The predicted molar refractivity (Wildman–Crippen MR) is 82.9 cm³/mol. The summed E-state index contributed by atoms with van der Waals surface area (Å²) < 4.78 is 32.3. The van der Waals surface area contributed by atoms with Gasteiger partial charge in [0.15, 0.2) is 0 Å². The molecule has 3 rings (SSSR count). The molecular weight excluding hydrogens is 304 g/mol. The van der Waals surface area contributed by atoms with Gasteiger partial charge in [-0.05, 0) is 26.3 Å². The Balaban J connectivity index is 1.63. The second-order valence-electron chi connectivity index (χ2n) is 6.07. The lowest BCUT2D eigenvalue weighted by molar-refractivity contribution is 0.107. The van der Waals surface area contributed by atoms with Crippen molar-refractivity contribution in [3.63, 3.8) is 0 Å². The molecule has 0 aromatic carbocycles. The first-order valence-corrected chi connectivity index (χ1v) is 9.46. The molecule has 0 radical (unpaired) electrons. The zero-order valence-corrected chi connectivity index (χ0v) is 13.8. The molecule has 3 heterocycles. The van der Waals surface area contributed by atoms with E-state index in [0.717, 1.165) is 25.3 Å². The van der Waals surface area contributed by atoms with Crippen molar-refractivity contribution in [1.82, 2.24) is 19.2 Å². The van der Waals surface area contributed by atoms with Crippen molar-refractivity contribution < 1.29 is 13.2 Å². The third-order valence-electron chi connectivity index (χ3n) is 4.56. The van der Waals surface area contributed by atoms with Gasteiger partial charge in [-0.2, -0.15) is 4.31 Å². The number of ether oxygens (including phenoxy) is 1. The van der Waals surface area contributed by atoms with Gasteiger partial charge >= 0.3 is 0 Å². The van der Waals surface area contributed by atoms with Crippen LogP contribution in [0, 0.1) is 0 Å². The normalized spacial score (nSPS) is 28.2. The molecule has 0 bridgehead atoms. The highest BCUT2D eigenvalue weighted by Gasteiger charge is 2.34. The highest BCUT2D eigenvalue weighted by atomic mass is 32.2. The molecule has 22 heavy (non-hydrogen) atoms. The van der Waals surface area contributed by atoms with Gasteiger partial charge in [-0.15, -0.1) is 0 Å². The van der Waals surface area contributed by atoms with Crippen LogP contribution in [0.15, 0.2) is 12.4 Å². The van der Waals surface area contributed by atoms with Crippen LogP contribution in [0.5, 0.6) is 0 Å². The molecule has 2 atom stereocenters. The highest BCUT2D eigenvalue weighted by molar-refractivity contribution is 7.89. The molecule has 2 fully saturated rings. The van der Waals surface area contributed by atoms with Crippen LogP contribution < -0.4 is 0 Å². The fraction of sp³-hybridized carbons (Fsp3) is 0.786. The van der Waals surface area contributed by atoms with Crippen LogP contribution >= 0.6 is 0 Å². The van der Waals surface area contributed by atoms with Gasteiger partial charge in [0.05, 0.1) is 17.9 Å². The number of rotatable bonds is 5. The SMILES string of the molecule is CN1CCN(S(=O)(=O)CC[C@H]2CCCO2)C[C@@H]1c1ncc[nH]1. The number of imidazole rings is 1. The van der Waals surface area contributed by atoms with Crippen molar-refractivity contribution in [3.8, 4) is 0 Å². The molecule has 124 valence electrons. The molecule has 2 aliphatic rings. The number of H-pyrrole nitrogens is 1. The minimum atomic E-state index is -3.23. The van der Waals surface area contributed by atoms with E-state index in [9.17, 15) is 8.42 Å². The second kappa shape index (κ2) is 6.66. The van der Waals surface area contributed by atoms with Gasteiger partial charge < -0.3 is 9.72 Å². The molecule has 0 aliphatic carbocycles. The van der Waals surface area contributed by atoms with Crippen molar-refractivity contribution in [2.45, 2.75) is 31.4 Å². The molecule has 8 heteroatoms. The Morgan fingerprint density at radius 3 is 3.00 bits per heavy atom. The quantitative estimate of drug-likeness (QED) is 0.856. The summed E-state index contributed by atoms with van der Waals surface area (Å²) in [6, 6.07) is -0.0127. The molecule has 0 unspecified atom stereocenters. The molecule has 0 saturated carbocycles. The van der Waals surface area contributed by atoms with Crippen LogP contribution in [0.25, 0.3) is 0 Å². The standard InChI is InChI=1S/C14H24N4O3S/c1-17-7-8-18(11-13(17)14-15-5-6-16-14)22(19,20)10-4-12-3-2-9-21-12/h5-6,12-13H,2-4,7-11H2,1H3,(H,15,16)/t12-,13-/m1/s1. The second-order valence-corrected chi connectivity index (χ2v) is 8.16. The smallest absolute Gasteiger partial charge is 0.214 e. The maximum absolute atomic E-state index is 12.6. The van der Waals surface area contributed by atoms with Crippen LogP contribution in [0.3, 0.4) is 0 Å². The maximum Gasteiger partial charge on any atom is 0.214 e. The molecule has 0 amide bonds. The van der Waals surface area contributed by atoms with Crippen molar-refractivity contribution in [2.24, 2.45) is 0 Å². The van der Waals surface area contributed by atoms with Crippen LogP contribution in [0.2, 0.25) is 0 Å². The monoisotopic (exact) mass is 328 g/mol. The molecule has 1 N–H and O–H groups in total. The Kier molecular flexibility index (Phi) is 4.82. The van der Waals surface area contributed by atoms with Gasteiger partial charge in [-0.25, -0.2) is 13.4 Å². The van der Waals surface area contributed by atoms with Crippen molar-refractivity contribution in [1.29, 1.82) is 0 Å². The first kappa shape index (κ1) is 15.9. The summed E-state index contributed by atoms with van der Waals surface area (Å²) in [7, 11) is -1.23. The van der Waals surface area contributed by atoms with Gasteiger partial charge in [0.2, 0.25) is 10.0 Å². The Hall–Kier alpha value is -0.960. The number of sulfonamides is 1. The summed E-state index contributed by atoms with van der Waals surface area (Å²) in [4.78, 5) is 9.51. The molecule has 1 aromatic rings. The van der Waals surface area contributed by atoms with E-state index in [1.54, 1.807) is 16.7 Å². The average Bonchev–Trinajstić information content (AvgIpc) is 3.19. The lowest BCUT2D eigenvalue weighted by atomic mass is 10.2. The molecule has 1 aromatic heterocycles. The lowest BCUT2D eigenvalue weighted by Gasteiger charge is -2.37. The van der Waals surface area contributed by atoms with Gasteiger partial charge in [0.1, 0.15) is 5.82 Å². The van der Waals surface area contributed by atoms with Crippen LogP contribution in [-0.4, -0.2) is 72.7 Å². The summed E-state index contributed by atoms with van der Waals surface area (Å²) in [5.74, 6) is 0.994.